The molecule has 1 saturated heterocycles. The summed E-state index contributed by atoms with van der Waals surface area (Å²) in [4.78, 5) is 22.0. The zero-order valence-electron chi connectivity index (χ0n) is 18.1. The van der Waals surface area contributed by atoms with Gasteiger partial charge in [0.25, 0.3) is 0 Å². The van der Waals surface area contributed by atoms with Crippen molar-refractivity contribution in [2.24, 2.45) is 0 Å². The van der Waals surface area contributed by atoms with Crippen molar-refractivity contribution in [3.05, 3.63) is 53.3 Å². The highest BCUT2D eigenvalue weighted by Gasteiger charge is 2.29. The van der Waals surface area contributed by atoms with Gasteiger partial charge in [-0.05, 0) is 57.0 Å². The number of sulfone groups is 1. The van der Waals surface area contributed by atoms with Crippen LogP contribution in [0.5, 0.6) is 0 Å². The fraction of sp³-hybridized carbons (Fsp3) is 0.391. The van der Waals surface area contributed by atoms with Crippen LogP contribution in [-0.2, 0) is 14.6 Å². The van der Waals surface area contributed by atoms with Gasteiger partial charge >= 0.3 is 0 Å². The maximum absolute atomic E-state index is 13.0. The summed E-state index contributed by atoms with van der Waals surface area (Å²) in [6, 6.07) is 10.9. The number of nitrogens with one attached hydrogen (secondary N) is 2. The van der Waals surface area contributed by atoms with Crippen LogP contribution in [0.15, 0.2) is 47.6 Å². The standard InChI is InChI=1S/C23H27ClN4O3S/c1-15-11-20(5-8-25-15)28-9-6-19(7-10-28)26-22(29)12-16(2)32(30,31)23-13-17-3-4-18(24)14-21(17)27-23/h3-5,8,11,13-14,16,19,27H,6-7,9-10,12H2,1-2H3,(H,26,29). The number of pyridine rings is 1. The molecule has 1 aliphatic heterocycles. The maximum Gasteiger partial charge on any atom is 0.221 e. The van der Waals surface area contributed by atoms with E-state index in [-0.39, 0.29) is 23.4 Å². The van der Waals surface area contributed by atoms with Crippen molar-refractivity contribution in [1.29, 1.82) is 0 Å². The smallest absolute Gasteiger partial charge is 0.221 e. The Labute approximate surface area is 193 Å². The minimum absolute atomic E-state index is 0.0480. The zero-order valence-corrected chi connectivity index (χ0v) is 19.7. The number of nitrogens with zero attached hydrogens (tertiary/aromatic N) is 2. The van der Waals surface area contributed by atoms with Crippen LogP contribution in [0.1, 0.15) is 31.9 Å². The molecule has 0 radical (unpaired) electrons. The number of carbonyl (C=O) groups is 1. The van der Waals surface area contributed by atoms with E-state index in [9.17, 15) is 13.2 Å². The quantitative estimate of drug-likeness (QED) is 0.565. The molecular formula is C23H27ClN4O3S. The Balaban J connectivity index is 1.33. The van der Waals surface area contributed by atoms with Crippen molar-refractivity contribution < 1.29 is 13.2 Å². The predicted octanol–water partition coefficient (Wildman–Crippen LogP) is 3.86. The molecule has 0 aliphatic carbocycles. The first-order valence-corrected chi connectivity index (χ1v) is 12.6. The van der Waals surface area contributed by atoms with Gasteiger partial charge in [0.1, 0.15) is 5.03 Å². The highest BCUT2D eigenvalue weighted by atomic mass is 35.5. The summed E-state index contributed by atoms with van der Waals surface area (Å²) >= 11 is 5.99. The first-order valence-electron chi connectivity index (χ1n) is 10.7. The van der Waals surface area contributed by atoms with Crippen molar-refractivity contribution in [1.82, 2.24) is 15.3 Å². The second-order valence-electron chi connectivity index (χ2n) is 8.41. The number of aromatic amines is 1. The van der Waals surface area contributed by atoms with E-state index in [1.54, 1.807) is 31.2 Å². The number of anilines is 1. The van der Waals surface area contributed by atoms with Crippen molar-refractivity contribution in [2.75, 3.05) is 18.0 Å². The largest absolute Gasteiger partial charge is 0.371 e. The number of hydrogen-bond donors (Lipinski definition) is 2. The van der Waals surface area contributed by atoms with Gasteiger partial charge in [-0.25, -0.2) is 8.42 Å². The number of H-pyrrole nitrogens is 1. The van der Waals surface area contributed by atoms with E-state index in [0.717, 1.165) is 42.7 Å². The summed E-state index contributed by atoms with van der Waals surface area (Å²) in [7, 11) is -3.67. The Bertz CT molecular complexity index is 1230. The molecule has 9 heteroatoms. The third-order valence-corrected chi connectivity index (χ3v) is 8.27. The topological polar surface area (TPSA) is 95.2 Å². The molecule has 1 aromatic carbocycles. The van der Waals surface area contributed by atoms with Gasteiger partial charge in [-0.2, -0.15) is 0 Å². The van der Waals surface area contributed by atoms with Gasteiger partial charge in [0.2, 0.25) is 5.91 Å². The van der Waals surface area contributed by atoms with Crippen LogP contribution in [0.4, 0.5) is 5.69 Å². The molecule has 1 unspecified atom stereocenters. The lowest BCUT2D eigenvalue weighted by atomic mass is 10.0. The van der Waals surface area contributed by atoms with Crippen molar-refractivity contribution >= 4 is 43.9 Å². The predicted molar refractivity (Wildman–Crippen MR) is 127 cm³/mol. The monoisotopic (exact) mass is 474 g/mol. The van der Waals surface area contributed by atoms with Gasteiger partial charge in [-0.3, -0.25) is 9.78 Å². The number of halogens is 1. The van der Waals surface area contributed by atoms with Gasteiger partial charge < -0.3 is 15.2 Å². The summed E-state index contributed by atoms with van der Waals surface area (Å²) < 4.78 is 26.0. The Kier molecular flexibility index (Phi) is 6.44. The molecule has 2 aromatic heterocycles. The lowest BCUT2D eigenvalue weighted by Gasteiger charge is -2.34. The highest BCUT2D eigenvalue weighted by molar-refractivity contribution is 7.92. The number of rotatable bonds is 6. The maximum atomic E-state index is 13.0. The van der Waals surface area contributed by atoms with Gasteiger partial charge in [0.15, 0.2) is 9.84 Å². The number of aryl methyl sites for hydroxylation is 1. The Morgan fingerprint density at radius 1 is 1.25 bits per heavy atom. The average Bonchev–Trinajstić information content (AvgIpc) is 3.18. The molecule has 1 fully saturated rings. The molecule has 0 spiro atoms. The fourth-order valence-electron chi connectivity index (χ4n) is 4.11. The van der Waals surface area contributed by atoms with E-state index >= 15 is 0 Å². The molecule has 4 rings (SSSR count). The summed E-state index contributed by atoms with van der Waals surface area (Å²) in [5.41, 5.74) is 2.77. The Morgan fingerprint density at radius 2 is 2.00 bits per heavy atom. The van der Waals surface area contributed by atoms with Crippen molar-refractivity contribution in [2.45, 2.75) is 49.4 Å². The molecule has 3 aromatic rings. The van der Waals surface area contributed by atoms with Gasteiger partial charge in [0.05, 0.1) is 5.25 Å². The van der Waals surface area contributed by atoms with Crippen molar-refractivity contribution in [3.8, 4) is 0 Å². The average molecular weight is 475 g/mol. The van der Waals surface area contributed by atoms with Crippen LogP contribution >= 0.6 is 11.6 Å². The van der Waals surface area contributed by atoms with Gasteiger partial charge in [0, 0.05) is 59.1 Å². The van der Waals surface area contributed by atoms with Gasteiger partial charge in [-0.15, -0.1) is 0 Å². The lowest BCUT2D eigenvalue weighted by molar-refractivity contribution is -0.121. The molecule has 1 atom stereocenters. The third kappa shape index (κ3) is 4.91. The van der Waals surface area contributed by atoms with E-state index in [4.69, 9.17) is 11.6 Å². The molecular weight excluding hydrogens is 448 g/mol. The number of carbonyl (C=O) groups excluding carboxylic acids is 1. The Morgan fingerprint density at radius 3 is 2.72 bits per heavy atom. The third-order valence-electron chi connectivity index (χ3n) is 5.97. The molecule has 1 aliphatic rings. The minimum atomic E-state index is -3.67. The van der Waals surface area contributed by atoms with Crippen LogP contribution in [0.25, 0.3) is 10.9 Å². The van der Waals surface area contributed by atoms with E-state index < -0.39 is 15.1 Å². The Hall–Kier alpha value is -2.58. The van der Waals surface area contributed by atoms with Crippen LogP contribution in [-0.4, -0.2) is 48.7 Å². The van der Waals surface area contributed by atoms with Crippen LogP contribution < -0.4 is 10.2 Å². The SMILES string of the molecule is Cc1cc(N2CCC(NC(=O)CC(C)S(=O)(=O)c3cc4ccc(Cl)cc4[nH]3)CC2)ccn1. The number of fused-ring (bicyclic) bond motifs is 1. The second kappa shape index (κ2) is 9.11. The second-order valence-corrected chi connectivity index (χ2v) is 11.2. The first-order chi connectivity index (χ1) is 15.2. The summed E-state index contributed by atoms with van der Waals surface area (Å²) in [6.07, 6.45) is 3.36. The molecule has 0 bridgehead atoms. The highest BCUT2D eigenvalue weighted by Crippen LogP contribution is 2.25. The van der Waals surface area contributed by atoms with E-state index in [2.05, 4.69) is 26.3 Å². The van der Waals surface area contributed by atoms with Crippen molar-refractivity contribution in [3.63, 3.8) is 0 Å². The van der Waals surface area contributed by atoms with E-state index in [1.165, 1.54) is 0 Å². The number of hydrogen-bond acceptors (Lipinski definition) is 5. The van der Waals surface area contributed by atoms with Gasteiger partial charge in [-0.1, -0.05) is 17.7 Å². The number of piperidine rings is 1. The lowest BCUT2D eigenvalue weighted by Crippen LogP contribution is -2.45. The molecule has 1 amide bonds. The molecule has 2 N–H and O–H groups in total. The zero-order chi connectivity index (χ0) is 22.9. The number of aromatic nitrogens is 2. The fourth-order valence-corrected chi connectivity index (χ4v) is 5.63. The summed E-state index contributed by atoms with van der Waals surface area (Å²) in [5, 5.41) is 3.58. The summed E-state index contributed by atoms with van der Waals surface area (Å²) in [5.74, 6) is -0.238. The van der Waals surface area contributed by atoms with E-state index in [0.29, 0.717) is 10.5 Å². The molecule has 7 nitrogen and oxygen atoms in total. The van der Waals surface area contributed by atoms with E-state index in [1.807, 2.05) is 19.2 Å². The molecule has 0 saturated carbocycles. The minimum Gasteiger partial charge on any atom is -0.371 e. The first kappa shape index (κ1) is 22.6. The van der Waals surface area contributed by atoms with Crippen LogP contribution in [0, 0.1) is 6.92 Å². The summed E-state index contributed by atoms with van der Waals surface area (Å²) in [6.45, 7) is 5.21. The molecule has 170 valence electrons. The van der Waals surface area contributed by atoms with Crippen LogP contribution in [0.2, 0.25) is 5.02 Å². The number of amides is 1. The van der Waals surface area contributed by atoms with Crippen LogP contribution in [0.3, 0.4) is 0 Å². The normalized spacial score (nSPS) is 16.3. The molecule has 3 heterocycles. The molecule has 32 heavy (non-hydrogen) atoms. The number of benzene rings is 1.